The molecular weight excluding hydrogens is 246 g/mol. The lowest BCUT2D eigenvalue weighted by Gasteiger charge is -2.24. The number of amides is 2. The van der Waals surface area contributed by atoms with Crippen molar-refractivity contribution < 1.29 is 14.7 Å². The number of rotatable bonds is 6. The zero-order chi connectivity index (χ0) is 14.4. The van der Waals surface area contributed by atoms with Crippen molar-refractivity contribution in [2.24, 2.45) is 5.92 Å². The zero-order valence-corrected chi connectivity index (χ0v) is 12.0. The van der Waals surface area contributed by atoms with E-state index in [4.69, 9.17) is 5.11 Å². The van der Waals surface area contributed by atoms with Crippen LogP contribution in [0.3, 0.4) is 0 Å². The van der Waals surface area contributed by atoms with Crippen molar-refractivity contribution in [2.45, 2.75) is 45.7 Å². The van der Waals surface area contributed by atoms with Crippen LogP contribution >= 0.6 is 0 Å². The molecule has 1 unspecified atom stereocenters. The molecule has 1 aliphatic heterocycles. The molecule has 1 heterocycles. The lowest BCUT2D eigenvalue weighted by atomic mass is 10.1. The van der Waals surface area contributed by atoms with Gasteiger partial charge in [-0.15, -0.1) is 0 Å². The van der Waals surface area contributed by atoms with Crippen molar-refractivity contribution >= 4 is 12.0 Å². The molecule has 0 aromatic rings. The molecule has 3 N–H and O–H groups in total. The lowest BCUT2D eigenvalue weighted by molar-refractivity contribution is -0.140. The number of carboxylic acids is 1. The first-order valence-corrected chi connectivity index (χ1v) is 6.97. The second-order valence-electron chi connectivity index (χ2n) is 5.34. The highest BCUT2D eigenvalue weighted by Crippen LogP contribution is 2.15. The van der Waals surface area contributed by atoms with Gasteiger partial charge in [0.2, 0.25) is 0 Å². The molecule has 0 spiro atoms. The number of nitrogens with one attached hydrogen (secondary N) is 2. The highest BCUT2D eigenvalue weighted by molar-refractivity contribution is 5.82. The highest BCUT2D eigenvalue weighted by Gasteiger charge is 2.25. The molecule has 0 aliphatic carbocycles. The van der Waals surface area contributed by atoms with Gasteiger partial charge in [0.15, 0.2) is 0 Å². The standard InChI is InChI=1S/C13H25N3O3/c1-4-16-7-5-6-10(16)8-14-13(19)15-11(9(2)3)12(17)18/h9-11H,4-8H2,1-3H3,(H,17,18)(H2,14,15,19)/t10?,11-/m0/s1. The van der Waals surface area contributed by atoms with Crippen molar-refractivity contribution in [2.75, 3.05) is 19.6 Å². The molecular formula is C13H25N3O3. The number of aliphatic carboxylic acids is 1. The van der Waals surface area contributed by atoms with Gasteiger partial charge in [-0.1, -0.05) is 20.8 Å². The third kappa shape index (κ3) is 4.70. The minimum Gasteiger partial charge on any atom is -0.480 e. The van der Waals surface area contributed by atoms with E-state index in [1.807, 2.05) is 0 Å². The van der Waals surface area contributed by atoms with Crippen molar-refractivity contribution in [3.8, 4) is 0 Å². The number of nitrogens with zero attached hydrogens (tertiary/aromatic N) is 1. The number of hydrogen-bond acceptors (Lipinski definition) is 3. The van der Waals surface area contributed by atoms with Crippen LogP contribution in [0.15, 0.2) is 0 Å². The molecule has 19 heavy (non-hydrogen) atoms. The fourth-order valence-electron chi connectivity index (χ4n) is 2.46. The second-order valence-corrected chi connectivity index (χ2v) is 5.34. The van der Waals surface area contributed by atoms with Gasteiger partial charge in [0, 0.05) is 12.6 Å². The predicted molar refractivity (Wildman–Crippen MR) is 73.1 cm³/mol. The molecule has 6 nitrogen and oxygen atoms in total. The predicted octanol–water partition coefficient (Wildman–Crippen LogP) is 0.879. The van der Waals surface area contributed by atoms with Gasteiger partial charge in [-0.2, -0.15) is 0 Å². The third-order valence-electron chi connectivity index (χ3n) is 3.62. The Labute approximate surface area is 114 Å². The summed E-state index contributed by atoms with van der Waals surface area (Å²) in [4.78, 5) is 25.0. The maximum absolute atomic E-state index is 11.7. The fraction of sp³-hybridized carbons (Fsp3) is 0.846. The summed E-state index contributed by atoms with van der Waals surface area (Å²) >= 11 is 0. The first kappa shape index (κ1) is 15.8. The molecule has 0 aromatic heterocycles. The Morgan fingerprint density at radius 3 is 2.63 bits per heavy atom. The van der Waals surface area contributed by atoms with Gasteiger partial charge in [-0.05, 0) is 31.8 Å². The summed E-state index contributed by atoms with van der Waals surface area (Å²) in [6.45, 7) is 8.29. The maximum atomic E-state index is 11.7. The molecule has 2 atom stereocenters. The molecule has 1 fully saturated rings. The number of hydrogen-bond donors (Lipinski definition) is 3. The minimum atomic E-state index is -0.999. The van der Waals surface area contributed by atoms with E-state index in [9.17, 15) is 9.59 Å². The summed E-state index contributed by atoms with van der Waals surface area (Å²) in [5, 5.41) is 14.3. The van der Waals surface area contributed by atoms with E-state index < -0.39 is 18.0 Å². The quantitative estimate of drug-likeness (QED) is 0.670. The number of carboxylic acid groups (broad SMARTS) is 1. The fourth-order valence-corrected chi connectivity index (χ4v) is 2.46. The molecule has 1 rings (SSSR count). The summed E-state index contributed by atoms with van der Waals surface area (Å²) in [6, 6.07) is -0.868. The van der Waals surface area contributed by atoms with Crippen LogP contribution < -0.4 is 10.6 Å². The maximum Gasteiger partial charge on any atom is 0.326 e. The smallest absolute Gasteiger partial charge is 0.326 e. The molecule has 2 amide bonds. The zero-order valence-electron chi connectivity index (χ0n) is 12.0. The van der Waals surface area contributed by atoms with Crippen LogP contribution in [0.25, 0.3) is 0 Å². The Balaban J connectivity index is 2.36. The first-order valence-electron chi connectivity index (χ1n) is 6.97. The Kier molecular flexibility index (Phi) is 6.08. The second kappa shape index (κ2) is 7.33. The van der Waals surface area contributed by atoms with E-state index in [1.54, 1.807) is 13.8 Å². The Hall–Kier alpha value is -1.30. The van der Waals surface area contributed by atoms with Crippen molar-refractivity contribution in [1.29, 1.82) is 0 Å². The van der Waals surface area contributed by atoms with Gasteiger partial charge >= 0.3 is 12.0 Å². The summed E-state index contributed by atoms with van der Waals surface area (Å²) in [5.41, 5.74) is 0. The molecule has 0 saturated carbocycles. The molecule has 1 aliphatic rings. The third-order valence-corrected chi connectivity index (χ3v) is 3.62. The van der Waals surface area contributed by atoms with Gasteiger partial charge in [0.05, 0.1) is 0 Å². The first-order chi connectivity index (χ1) is 8.95. The number of carbonyl (C=O) groups excluding carboxylic acids is 1. The lowest BCUT2D eigenvalue weighted by Crippen LogP contribution is -2.50. The van der Waals surface area contributed by atoms with Crippen LogP contribution in [0.2, 0.25) is 0 Å². The van der Waals surface area contributed by atoms with E-state index in [-0.39, 0.29) is 5.92 Å². The monoisotopic (exact) mass is 271 g/mol. The molecule has 1 saturated heterocycles. The summed E-state index contributed by atoms with van der Waals surface area (Å²) < 4.78 is 0. The average molecular weight is 271 g/mol. The van der Waals surface area contributed by atoms with E-state index in [1.165, 1.54) is 0 Å². The Morgan fingerprint density at radius 2 is 2.11 bits per heavy atom. The topological polar surface area (TPSA) is 81.7 Å². The van der Waals surface area contributed by atoms with Crippen molar-refractivity contribution in [3.63, 3.8) is 0 Å². The van der Waals surface area contributed by atoms with E-state index in [0.717, 1.165) is 25.9 Å². The Bertz CT molecular complexity index is 320. The molecule has 6 heteroatoms. The average Bonchev–Trinajstić information content (AvgIpc) is 2.79. The van der Waals surface area contributed by atoms with E-state index >= 15 is 0 Å². The van der Waals surface area contributed by atoms with E-state index in [0.29, 0.717) is 12.6 Å². The van der Waals surface area contributed by atoms with Gasteiger partial charge in [-0.25, -0.2) is 9.59 Å². The van der Waals surface area contributed by atoms with Gasteiger partial charge in [-0.3, -0.25) is 4.90 Å². The molecule has 0 radical (unpaired) electrons. The molecule has 0 bridgehead atoms. The normalized spacial score (nSPS) is 21.4. The van der Waals surface area contributed by atoms with Crippen LogP contribution in [0.4, 0.5) is 4.79 Å². The van der Waals surface area contributed by atoms with Crippen molar-refractivity contribution in [3.05, 3.63) is 0 Å². The van der Waals surface area contributed by atoms with Gasteiger partial charge < -0.3 is 15.7 Å². The highest BCUT2D eigenvalue weighted by atomic mass is 16.4. The number of likely N-dealkylation sites (N-methyl/N-ethyl adjacent to an activating group) is 1. The van der Waals surface area contributed by atoms with Crippen LogP contribution in [-0.2, 0) is 4.79 Å². The van der Waals surface area contributed by atoms with Gasteiger partial charge in [0.1, 0.15) is 6.04 Å². The summed E-state index contributed by atoms with van der Waals surface area (Å²) in [7, 11) is 0. The van der Waals surface area contributed by atoms with Crippen LogP contribution in [-0.4, -0.2) is 53.7 Å². The number of likely N-dealkylation sites (tertiary alicyclic amines) is 1. The van der Waals surface area contributed by atoms with Crippen LogP contribution in [0.5, 0.6) is 0 Å². The minimum absolute atomic E-state index is 0.137. The van der Waals surface area contributed by atoms with Crippen molar-refractivity contribution in [1.82, 2.24) is 15.5 Å². The summed E-state index contributed by atoms with van der Waals surface area (Å²) in [5.74, 6) is -1.14. The number of urea groups is 1. The van der Waals surface area contributed by atoms with Crippen LogP contribution in [0.1, 0.15) is 33.6 Å². The Morgan fingerprint density at radius 1 is 1.42 bits per heavy atom. The van der Waals surface area contributed by atoms with Crippen LogP contribution in [0, 0.1) is 5.92 Å². The number of carbonyl (C=O) groups is 2. The van der Waals surface area contributed by atoms with E-state index in [2.05, 4.69) is 22.5 Å². The molecule has 110 valence electrons. The van der Waals surface area contributed by atoms with Gasteiger partial charge in [0.25, 0.3) is 0 Å². The SMILES string of the molecule is CCN1CCCC1CNC(=O)N[C@H](C(=O)O)C(C)C. The largest absolute Gasteiger partial charge is 0.480 e. The molecule has 0 aromatic carbocycles. The summed E-state index contributed by atoms with van der Waals surface area (Å²) in [6.07, 6.45) is 2.24.